The molecule has 3 aromatic carbocycles. The van der Waals surface area contributed by atoms with Crippen LogP contribution in [0.15, 0.2) is 60.8 Å². The quantitative estimate of drug-likeness (QED) is 0.293. The summed E-state index contributed by atoms with van der Waals surface area (Å²) in [4.78, 5) is 12.5. The second-order valence-corrected chi connectivity index (χ2v) is 9.03. The van der Waals surface area contributed by atoms with E-state index in [9.17, 15) is 31.1 Å². The molecule has 1 fully saturated rings. The third-order valence-electron chi connectivity index (χ3n) is 6.29. The highest BCUT2D eigenvalue weighted by molar-refractivity contribution is 5.99. The number of alkyl halides is 6. The van der Waals surface area contributed by atoms with Gasteiger partial charge in [-0.3, -0.25) is 4.79 Å². The fourth-order valence-electron chi connectivity index (χ4n) is 4.19. The standard InChI is InChI=1S/C27H19F6N3O/c1-14-2-3-16(25(37)35-19-6-7-19)11-22(14)15-4-8-20-17(10-15)13-34-36-24(20)21-9-5-18(26(28,29)30)12-23(21)27(31,32)33/h2-5,8-13,19H,6-7H2,1H3,(H,35,37). The van der Waals surface area contributed by atoms with Crippen molar-refractivity contribution >= 4 is 16.7 Å². The van der Waals surface area contributed by atoms with Gasteiger partial charge in [-0.1, -0.05) is 24.3 Å². The zero-order valence-corrected chi connectivity index (χ0v) is 19.3. The maximum atomic E-state index is 13.8. The third kappa shape index (κ3) is 5.00. The van der Waals surface area contributed by atoms with Gasteiger partial charge in [-0.15, -0.1) is 5.10 Å². The van der Waals surface area contributed by atoms with Crippen LogP contribution >= 0.6 is 0 Å². The van der Waals surface area contributed by atoms with Crippen molar-refractivity contribution in [3.05, 3.63) is 83.0 Å². The molecular weight excluding hydrogens is 496 g/mol. The number of hydrogen-bond donors (Lipinski definition) is 1. The molecule has 190 valence electrons. The van der Waals surface area contributed by atoms with Gasteiger partial charge in [-0.25, -0.2) is 0 Å². The van der Waals surface area contributed by atoms with Crippen LogP contribution in [0.2, 0.25) is 0 Å². The number of aryl methyl sites for hydroxylation is 1. The molecule has 0 unspecified atom stereocenters. The Morgan fingerprint density at radius 2 is 1.65 bits per heavy atom. The number of halogens is 6. The molecular formula is C27H19F6N3O. The summed E-state index contributed by atoms with van der Waals surface area (Å²) in [5, 5.41) is 11.3. The smallest absolute Gasteiger partial charge is 0.349 e. The van der Waals surface area contributed by atoms with Gasteiger partial charge in [0.1, 0.15) is 5.69 Å². The second-order valence-electron chi connectivity index (χ2n) is 9.03. The van der Waals surface area contributed by atoms with E-state index in [4.69, 9.17) is 0 Å². The summed E-state index contributed by atoms with van der Waals surface area (Å²) in [5.74, 6) is -0.181. The first-order chi connectivity index (χ1) is 17.4. The number of aromatic nitrogens is 2. The van der Waals surface area contributed by atoms with Crippen molar-refractivity contribution in [2.75, 3.05) is 0 Å². The molecule has 5 rings (SSSR count). The van der Waals surface area contributed by atoms with E-state index in [-0.39, 0.29) is 23.7 Å². The molecule has 1 heterocycles. The molecule has 0 radical (unpaired) electrons. The first kappa shape index (κ1) is 24.7. The molecule has 1 N–H and O–H groups in total. The maximum Gasteiger partial charge on any atom is 0.417 e. The van der Waals surface area contributed by atoms with Gasteiger partial charge in [0, 0.05) is 27.9 Å². The fourth-order valence-corrected chi connectivity index (χ4v) is 4.19. The van der Waals surface area contributed by atoms with Crippen LogP contribution in [-0.2, 0) is 12.4 Å². The van der Waals surface area contributed by atoms with Gasteiger partial charge in [0.05, 0.1) is 17.3 Å². The number of fused-ring (bicyclic) bond motifs is 1. The Morgan fingerprint density at radius 1 is 0.892 bits per heavy atom. The van der Waals surface area contributed by atoms with Crippen LogP contribution in [0.1, 0.15) is 39.9 Å². The molecule has 1 amide bonds. The van der Waals surface area contributed by atoms with Crippen LogP contribution < -0.4 is 5.32 Å². The lowest BCUT2D eigenvalue weighted by Crippen LogP contribution is -2.25. The number of benzene rings is 3. The third-order valence-corrected chi connectivity index (χ3v) is 6.29. The normalized spacial score (nSPS) is 14.1. The highest BCUT2D eigenvalue weighted by Crippen LogP contribution is 2.42. The maximum absolute atomic E-state index is 13.8. The lowest BCUT2D eigenvalue weighted by molar-refractivity contribution is -0.142. The zero-order valence-electron chi connectivity index (χ0n) is 19.3. The van der Waals surface area contributed by atoms with E-state index in [0.717, 1.165) is 30.0 Å². The summed E-state index contributed by atoms with van der Waals surface area (Å²) in [5.41, 5.74) is -0.700. The van der Waals surface area contributed by atoms with Gasteiger partial charge >= 0.3 is 12.4 Å². The highest BCUT2D eigenvalue weighted by atomic mass is 19.4. The minimum absolute atomic E-state index is 0.0890. The van der Waals surface area contributed by atoms with Crippen molar-refractivity contribution < 1.29 is 31.1 Å². The van der Waals surface area contributed by atoms with Crippen LogP contribution in [0, 0.1) is 6.92 Å². The van der Waals surface area contributed by atoms with Crippen LogP contribution in [0.5, 0.6) is 0 Å². The first-order valence-electron chi connectivity index (χ1n) is 11.4. The Balaban J connectivity index is 1.60. The Morgan fingerprint density at radius 3 is 2.32 bits per heavy atom. The van der Waals surface area contributed by atoms with Gasteiger partial charge < -0.3 is 5.32 Å². The van der Waals surface area contributed by atoms with Crippen molar-refractivity contribution in [1.29, 1.82) is 0 Å². The molecule has 0 aliphatic heterocycles. The summed E-state index contributed by atoms with van der Waals surface area (Å²) >= 11 is 0. The SMILES string of the molecule is Cc1ccc(C(=O)NC2CC2)cc1-c1ccc2c(-c3ccc(C(F)(F)F)cc3C(F)(F)F)nncc2c1. The number of hydrogen-bond acceptors (Lipinski definition) is 3. The minimum atomic E-state index is -5.04. The van der Waals surface area contributed by atoms with E-state index in [2.05, 4.69) is 15.5 Å². The van der Waals surface area contributed by atoms with Gasteiger partial charge in [-0.05, 0) is 66.8 Å². The minimum Gasteiger partial charge on any atom is -0.349 e. The lowest BCUT2D eigenvalue weighted by Gasteiger charge is -2.16. The topological polar surface area (TPSA) is 54.9 Å². The van der Waals surface area contributed by atoms with Crippen LogP contribution in [-0.4, -0.2) is 22.1 Å². The second kappa shape index (κ2) is 8.86. The number of nitrogens with zero attached hydrogens (tertiary/aromatic N) is 2. The molecule has 0 atom stereocenters. The molecule has 37 heavy (non-hydrogen) atoms. The number of nitrogens with one attached hydrogen (secondary N) is 1. The average molecular weight is 515 g/mol. The first-order valence-corrected chi connectivity index (χ1v) is 11.4. The van der Waals surface area contributed by atoms with Crippen LogP contribution in [0.3, 0.4) is 0 Å². The van der Waals surface area contributed by atoms with Gasteiger partial charge in [-0.2, -0.15) is 31.4 Å². The average Bonchev–Trinajstić information content (AvgIpc) is 3.66. The Labute approximate surface area is 207 Å². The molecule has 4 nitrogen and oxygen atoms in total. The highest BCUT2D eigenvalue weighted by Gasteiger charge is 2.39. The number of amides is 1. The van der Waals surface area contributed by atoms with E-state index in [0.29, 0.717) is 28.0 Å². The van der Waals surface area contributed by atoms with Crippen molar-refractivity contribution in [3.63, 3.8) is 0 Å². The predicted octanol–water partition coefficient (Wildman–Crippen LogP) is 7.20. The fraction of sp³-hybridized carbons (Fsp3) is 0.222. The van der Waals surface area contributed by atoms with Gasteiger partial charge in [0.25, 0.3) is 5.91 Å². The van der Waals surface area contributed by atoms with Crippen molar-refractivity contribution in [3.8, 4) is 22.4 Å². The molecule has 4 aromatic rings. The van der Waals surface area contributed by atoms with Crippen LogP contribution in [0.4, 0.5) is 26.3 Å². The molecule has 1 saturated carbocycles. The summed E-state index contributed by atoms with van der Waals surface area (Å²) in [6.45, 7) is 1.87. The monoisotopic (exact) mass is 515 g/mol. The molecule has 1 aromatic heterocycles. The van der Waals surface area contributed by atoms with Crippen LogP contribution in [0.25, 0.3) is 33.2 Å². The Bertz CT molecular complexity index is 1520. The molecule has 0 saturated heterocycles. The summed E-state index contributed by atoms with van der Waals surface area (Å²) in [6, 6.07) is 11.9. The zero-order chi connectivity index (χ0) is 26.5. The van der Waals surface area contributed by atoms with Gasteiger partial charge in [0.15, 0.2) is 0 Å². The van der Waals surface area contributed by atoms with E-state index in [1.165, 1.54) is 6.20 Å². The van der Waals surface area contributed by atoms with E-state index in [1.807, 2.05) is 13.0 Å². The van der Waals surface area contributed by atoms with E-state index < -0.39 is 29.0 Å². The lowest BCUT2D eigenvalue weighted by atomic mass is 9.94. The van der Waals surface area contributed by atoms with Crippen molar-refractivity contribution in [1.82, 2.24) is 15.5 Å². The number of carbonyl (C=O) groups excluding carboxylic acids is 1. The van der Waals surface area contributed by atoms with Crippen molar-refractivity contribution in [2.45, 2.75) is 38.2 Å². The van der Waals surface area contributed by atoms with E-state index >= 15 is 0 Å². The molecule has 0 spiro atoms. The molecule has 10 heteroatoms. The predicted molar refractivity (Wildman–Crippen MR) is 126 cm³/mol. The largest absolute Gasteiger partial charge is 0.417 e. The number of rotatable bonds is 4. The summed E-state index contributed by atoms with van der Waals surface area (Å²) in [7, 11) is 0. The summed E-state index contributed by atoms with van der Waals surface area (Å²) < 4.78 is 80.6. The Hall–Kier alpha value is -3.95. The van der Waals surface area contributed by atoms with E-state index in [1.54, 1.807) is 30.3 Å². The molecule has 1 aliphatic rings. The Kier molecular flexibility index (Phi) is 5.92. The van der Waals surface area contributed by atoms with Crippen molar-refractivity contribution in [2.24, 2.45) is 0 Å². The van der Waals surface area contributed by atoms with Gasteiger partial charge in [0.2, 0.25) is 0 Å². The molecule has 0 bridgehead atoms. The molecule has 1 aliphatic carbocycles. The number of carbonyl (C=O) groups is 1. The summed E-state index contributed by atoms with van der Waals surface area (Å²) in [6.07, 6.45) is -6.70.